The molecule has 0 aliphatic heterocycles. The fourth-order valence-electron chi connectivity index (χ4n) is 1.13. The Hall–Kier alpha value is -0.693. The summed E-state index contributed by atoms with van der Waals surface area (Å²) in [5.41, 5.74) is 0.418. The summed E-state index contributed by atoms with van der Waals surface area (Å²) >= 11 is 0. The first-order valence-electron chi connectivity index (χ1n) is 4.96. The average molecular weight is 248 g/mol. The monoisotopic (exact) mass is 248 g/mol. The average Bonchev–Trinajstić information content (AvgIpc) is 2.23. The van der Waals surface area contributed by atoms with Gasteiger partial charge >= 0.3 is 14.8 Å². The number of rotatable bonds is 7. The molecule has 0 rings (SSSR count). The Kier molecular flexibility index (Phi) is 6.50. The zero-order valence-corrected chi connectivity index (χ0v) is 11.5. The van der Waals surface area contributed by atoms with E-state index in [0.29, 0.717) is 5.57 Å². The van der Waals surface area contributed by atoms with Gasteiger partial charge in [0, 0.05) is 25.3 Å². The van der Waals surface area contributed by atoms with Crippen LogP contribution in [0.2, 0.25) is 5.54 Å². The third-order valence-electron chi connectivity index (χ3n) is 2.07. The molecule has 0 aliphatic rings. The van der Waals surface area contributed by atoms with E-state index in [-0.39, 0.29) is 12.3 Å². The topological polar surface area (TPSA) is 54.0 Å². The van der Waals surface area contributed by atoms with Crippen LogP contribution in [0.4, 0.5) is 0 Å². The smallest absolute Gasteiger partial charge is 0.436 e. The molecule has 0 aromatic rings. The maximum absolute atomic E-state index is 11.1. The van der Waals surface area contributed by atoms with E-state index in [9.17, 15) is 4.79 Å². The van der Waals surface area contributed by atoms with Crippen LogP contribution in [0.25, 0.3) is 0 Å². The van der Waals surface area contributed by atoms with E-state index < -0.39 is 14.8 Å². The van der Waals surface area contributed by atoms with E-state index in [1.807, 2.05) is 13.8 Å². The second-order valence-corrected chi connectivity index (χ2v) is 7.11. The third-order valence-corrected chi connectivity index (χ3v) is 5.15. The summed E-state index contributed by atoms with van der Waals surface area (Å²) in [5, 5.41) is 0. The van der Waals surface area contributed by atoms with Gasteiger partial charge in [-0.05, 0) is 6.92 Å². The highest BCUT2D eigenvalue weighted by molar-refractivity contribution is 6.62. The molecule has 6 heteroatoms. The summed E-state index contributed by atoms with van der Waals surface area (Å²) in [6.45, 7) is 8.71. The van der Waals surface area contributed by atoms with Gasteiger partial charge in [-0.2, -0.15) is 0 Å². The molecule has 5 nitrogen and oxygen atoms in total. The highest BCUT2D eigenvalue weighted by Gasteiger charge is 2.43. The Morgan fingerprint density at radius 2 is 1.81 bits per heavy atom. The Balaban J connectivity index is 4.24. The molecule has 0 unspecified atom stereocenters. The summed E-state index contributed by atoms with van der Waals surface area (Å²) in [4.78, 5) is 11.1. The second-order valence-electron chi connectivity index (χ2n) is 3.64. The maximum atomic E-state index is 11.1. The van der Waals surface area contributed by atoms with E-state index in [4.69, 9.17) is 18.0 Å². The predicted octanol–water partition coefficient (Wildman–Crippen LogP) is 1.72. The molecule has 0 aliphatic carbocycles. The Labute approximate surface area is 97.7 Å². The van der Waals surface area contributed by atoms with Crippen LogP contribution in [0.3, 0.4) is 0 Å². The lowest BCUT2D eigenvalue weighted by Crippen LogP contribution is -2.47. The SMILES string of the molecule is C=C(C)C(=O)OCO[Si](OC)(OC)C(C)C. The fraction of sp³-hybridized carbons (Fsp3) is 0.700. The molecule has 0 atom stereocenters. The van der Waals surface area contributed by atoms with Gasteiger partial charge in [0.2, 0.25) is 0 Å². The van der Waals surface area contributed by atoms with Crippen molar-refractivity contribution in [3.63, 3.8) is 0 Å². The van der Waals surface area contributed by atoms with E-state index in [1.165, 1.54) is 14.2 Å². The third kappa shape index (κ3) is 4.05. The van der Waals surface area contributed by atoms with Gasteiger partial charge in [0.15, 0.2) is 6.79 Å². The van der Waals surface area contributed by atoms with Crippen LogP contribution in [0.1, 0.15) is 20.8 Å². The van der Waals surface area contributed by atoms with Gasteiger partial charge in [-0.15, -0.1) is 0 Å². The van der Waals surface area contributed by atoms with Crippen LogP contribution < -0.4 is 0 Å². The molecule has 0 radical (unpaired) electrons. The molecule has 0 N–H and O–H groups in total. The molecule has 16 heavy (non-hydrogen) atoms. The lowest BCUT2D eigenvalue weighted by atomic mass is 10.4. The minimum absolute atomic E-state index is 0.0889. The van der Waals surface area contributed by atoms with Gasteiger partial charge < -0.3 is 18.0 Å². The number of hydrogen-bond acceptors (Lipinski definition) is 5. The number of ether oxygens (including phenoxy) is 1. The minimum atomic E-state index is -2.73. The maximum Gasteiger partial charge on any atom is 0.505 e. The van der Waals surface area contributed by atoms with Gasteiger partial charge in [0.25, 0.3) is 0 Å². The van der Waals surface area contributed by atoms with Crippen molar-refractivity contribution in [2.45, 2.75) is 26.3 Å². The molecule has 0 amide bonds. The molecule has 0 saturated heterocycles. The summed E-state index contributed by atoms with van der Waals surface area (Å²) < 4.78 is 20.8. The Bertz CT molecular complexity index is 248. The van der Waals surface area contributed by atoms with E-state index in [2.05, 4.69) is 6.58 Å². The summed E-state index contributed by atoms with van der Waals surface area (Å²) in [6.07, 6.45) is 0. The van der Waals surface area contributed by atoms with Crippen molar-refractivity contribution >= 4 is 14.8 Å². The Morgan fingerprint density at radius 1 is 1.31 bits per heavy atom. The van der Waals surface area contributed by atoms with Crippen molar-refractivity contribution in [1.82, 2.24) is 0 Å². The molecule has 0 spiro atoms. The van der Waals surface area contributed by atoms with Crippen LogP contribution in [0.5, 0.6) is 0 Å². The highest BCUT2D eigenvalue weighted by atomic mass is 28.4. The lowest BCUT2D eigenvalue weighted by molar-refractivity contribution is -0.148. The van der Waals surface area contributed by atoms with E-state index >= 15 is 0 Å². The van der Waals surface area contributed by atoms with Crippen LogP contribution in [-0.4, -0.2) is 35.8 Å². The van der Waals surface area contributed by atoms with Crippen LogP contribution >= 0.6 is 0 Å². The van der Waals surface area contributed by atoms with Crippen LogP contribution in [0.15, 0.2) is 12.2 Å². The normalized spacial score (nSPS) is 11.6. The Morgan fingerprint density at radius 3 is 2.12 bits per heavy atom. The molecule has 0 saturated carbocycles. The first-order chi connectivity index (χ1) is 7.39. The zero-order chi connectivity index (χ0) is 12.8. The molecule has 0 bridgehead atoms. The molecular formula is C10H20O5Si. The second kappa shape index (κ2) is 6.80. The fourth-order valence-corrected chi connectivity index (χ4v) is 3.03. The van der Waals surface area contributed by atoms with Crippen LogP contribution in [0, 0.1) is 0 Å². The number of hydrogen-bond donors (Lipinski definition) is 0. The lowest BCUT2D eigenvalue weighted by Gasteiger charge is -2.29. The van der Waals surface area contributed by atoms with Crippen molar-refractivity contribution in [1.29, 1.82) is 0 Å². The predicted molar refractivity (Wildman–Crippen MR) is 61.7 cm³/mol. The highest BCUT2D eigenvalue weighted by Crippen LogP contribution is 2.23. The van der Waals surface area contributed by atoms with Crippen molar-refractivity contribution < 1.29 is 22.8 Å². The number of esters is 1. The van der Waals surface area contributed by atoms with Gasteiger partial charge in [-0.3, -0.25) is 0 Å². The molecule has 0 heterocycles. The van der Waals surface area contributed by atoms with Crippen molar-refractivity contribution in [2.75, 3.05) is 21.0 Å². The number of carbonyl (C=O) groups is 1. The first-order valence-corrected chi connectivity index (χ1v) is 6.76. The standard InChI is InChI=1S/C10H20O5Si/c1-8(2)10(11)14-7-15-16(12-5,13-6)9(3)4/h9H,1,7H2,2-6H3. The van der Waals surface area contributed by atoms with Gasteiger partial charge in [-0.1, -0.05) is 20.4 Å². The van der Waals surface area contributed by atoms with E-state index in [0.717, 1.165) is 0 Å². The van der Waals surface area contributed by atoms with Crippen molar-refractivity contribution in [3.8, 4) is 0 Å². The zero-order valence-electron chi connectivity index (χ0n) is 10.5. The number of carbonyl (C=O) groups excluding carboxylic acids is 1. The van der Waals surface area contributed by atoms with Crippen molar-refractivity contribution in [3.05, 3.63) is 12.2 Å². The molecule has 0 fully saturated rings. The van der Waals surface area contributed by atoms with Gasteiger partial charge in [-0.25, -0.2) is 4.79 Å². The molecule has 0 aromatic heterocycles. The first kappa shape index (κ1) is 15.3. The van der Waals surface area contributed by atoms with Crippen LogP contribution in [-0.2, 0) is 22.8 Å². The molecular weight excluding hydrogens is 228 g/mol. The molecule has 0 aromatic carbocycles. The van der Waals surface area contributed by atoms with E-state index in [1.54, 1.807) is 6.92 Å². The minimum Gasteiger partial charge on any atom is -0.436 e. The van der Waals surface area contributed by atoms with Gasteiger partial charge in [0.05, 0.1) is 0 Å². The van der Waals surface area contributed by atoms with Crippen molar-refractivity contribution in [2.24, 2.45) is 0 Å². The largest absolute Gasteiger partial charge is 0.505 e. The molecule has 94 valence electrons. The van der Waals surface area contributed by atoms with Gasteiger partial charge in [0.1, 0.15) is 0 Å². The summed E-state index contributed by atoms with van der Waals surface area (Å²) in [5.74, 6) is -0.487. The quantitative estimate of drug-likeness (QED) is 0.297. The summed E-state index contributed by atoms with van der Waals surface area (Å²) in [7, 11) is 0.319. The summed E-state index contributed by atoms with van der Waals surface area (Å²) in [6, 6.07) is 0.